The molecule has 1 aromatic carbocycles. The Hall–Kier alpha value is -1.55. The van der Waals surface area contributed by atoms with E-state index in [0.29, 0.717) is 0 Å². The normalized spacial score (nSPS) is 25.6. The first-order valence-corrected chi connectivity index (χ1v) is 8.43. The molecule has 0 spiro atoms. The van der Waals surface area contributed by atoms with E-state index in [2.05, 4.69) is 13.8 Å². The summed E-state index contributed by atoms with van der Waals surface area (Å²) >= 11 is 1.56. The van der Waals surface area contributed by atoms with Crippen LogP contribution >= 0.6 is 11.8 Å². The van der Waals surface area contributed by atoms with Crippen LogP contribution < -0.4 is 4.90 Å². The number of anilines is 1. The molecule has 21 heavy (non-hydrogen) atoms. The lowest BCUT2D eigenvalue weighted by Gasteiger charge is -2.23. The van der Waals surface area contributed by atoms with Crippen LogP contribution in [0.2, 0.25) is 0 Å². The van der Waals surface area contributed by atoms with Gasteiger partial charge in [-0.1, -0.05) is 23.3 Å². The van der Waals surface area contributed by atoms with Gasteiger partial charge in [0.05, 0.1) is 17.5 Å². The summed E-state index contributed by atoms with van der Waals surface area (Å²) < 4.78 is 0. The number of fused-ring (bicyclic) bond motifs is 1. The zero-order valence-electron chi connectivity index (χ0n) is 12.6. The third-order valence-electron chi connectivity index (χ3n) is 4.67. The van der Waals surface area contributed by atoms with Gasteiger partial charge in [0.1, 0.15) is 0 Å². The Morgan fingerprint density at radius 1 is 1.00 bits per heavy atom. The summed E-state index contributed by atoms with van der Waals surface area (Å²) in [5.74, 6) is -0.399. The quantitative estimate of drug-likeness (QED) is 0.475. The molecule has 3 nitrogen and oxygen atoms in total. The minimum absolute atomic E-state index is 0.0293. The van der Waals surface area contributed by atoms with Crippen molar-refractivity contribution in [2.45, 2.75) is 31.6 Å². The Kier molecular flexibility index (Phi) is 3.66. The molecule has 2 amide bonds. The van der Waals surface area contributed by atoms with Gasteiger partial charge in [0.2, 0.25) is 11.8 Å². The SMILES string of the molecule is CSc1ccccc1N1C(=O)[C@@H]2CC(C)=C(C)C[C@H]2C1=O. The highest BCUT2D eigenvalue weighted by Gasteiger charge is 2.49. The summed E-state index contributed by atoms with van der Waals surface area (Å²) in [5, 5.41) is 0. The molecule has 1 aliphatic carbocycles. The molecule has 1 fully saturated rings. The molecular formula is C17H19NO2S. The summed E-state index contributed by atoms with van der Waals surface area (Å²) in [6.07, 6.45) is 3.41. The molecule has 1 heterocycles. The zero-order chi connectivity index (χ0) is 15.1. The Labute approximate surface area is 129 Å². The van der Waals surface area contributed by atoms with Crippen molar-refractivity contribution in [3.63, 3.8) is 0 Å². The molecule has 0 saturated carbocycles. The third kappa shape index (κ3) is 2.22. The van der Waals surface area contributed by atoms with Crippen LogP contribution in [-0.2, 0) is 9.59 Å². The predicted molar refractivity (Wildman–Crippen MR) is 85.3 cm³/mol. The fraction of sp³-hybridized carbons (Fsp3) is 0.412. The second-order valence-electron chi connectivity index (χ2n) is 5.87. The van der Waals surface area contributed by atoms with E-state index in [1.807, 2.05) is 30.5 Å². The maximum Gasteiger partial charge on any atom is 0.238 e. The molecule has 1 aromatic rings. The van der Waals surface area contributed by atoms with E-state index in [9.17, 15) is 9.59 Å². The third-order valence-corrected chi connectivity index (χ3v) is 5.45. The van der Waals surface area contributed by atoms with Crippen LogP contribution in [0.1, 0.15) is 26.7 Å². The molecule has 2 aliphatic rings. The van der Waals surface area contributed by atoms with Gasteiger partial charge in [-0.15, -0.1) is 11.8 Å². The largest absolute Gasteiger partial charge is 0.274 e. The highest BCUT2D eigenvalue weighted by Crippen LogP contribution is 2.43. The lowest BCUT2D eigenvalue weighted by Crippen LogP contribution is -2.31. The number of carbonyl (C=O) groups is 2. The van der Waals surface area contributed by atoms with Crippen molar-refractivity contribution >= 4 is 29.3 Å². The number of carbonyl (C=O) groups excluding carboxylic acids is 2. The number of amides is 2. The molecule has 1 saturated heterocycles. The van der Waals surface area contributed by atoms with Crippen molar-refractivity contribution in [3.05, 3.63) is 35.4 Å². The number of hydrogen-bond donors (Lipinski definition) is 0. The molecule has 1 aliphatic heterocycles. The molecule has 4 heteroatoms. The maximum atomic E-state index is 12.7. The number of para-hydroxylation sites is 1. The van der Waals surface area contributed by atoms with E-state index in [0.717, 1.165) is 23.4 Å². The second kappa shape index (κ2) is 5.34. The minimum Gasteiger partial charge on any atom is -0.274 e. The Morgan fingerprint density at radius 2 is 1.52 bits per heavy atom. The molecule has 0 bridgehead atoms. The summed E-state index contributed by atoms with van der Waals surface area (Å²) in [7, 11) is 0. The number of rotatable bonds is 2. The zero-order valence-corrected chi connectivity index (χ0v) is 13.4. The van der Waals surface area contributed by atoms with Gasteiger partial charge < -0.3 is 0 Å². The molecule has 2 atom stereocenters. The molecule has 3 rings (SSSR count). The summed E-state index contributed by atoms with van der Waals surface area (Å²) in [5.41, 5.74) is 3.26. The first-order valence-electron chi connectivity index (χ1n) is 7.20. The smallest absolute Gasteiger partial charge is 0.238 e. The van der Waals surface area contributed by atoms with Crippen LogP contribution in [0.15, 0.2) is 40.3 Å². The molecule has 0 unspecified atom stereocenters. The summed E-state index contributed by atoms with van der Waals surface area (Å²) in [6, 6.07) is 7.64. The van der Waals surface area contributed by atoms with Gasteiger partial charge in [0, 0.05) is 4.90 Å². The van der Waals surface area contributed by atoms with Crippen LogP contribution in [0.4, 0.5) is 5.69 Å². The first-order chi connectivity index (χ1) is 10.0. The molecule has 0 aromatic heterocycles. The van der Waals surface area contributed by atoms with E-state index in [1.165, 1.54) is 16.0 Å². The van der Waals surface area contributed by atoms with E-state index in [-0.39, 0.29) is 23.7 Å². The van der Waals surface area contributed by atoms with Crippen molar-refractivity contribution < 1.29 is 9.59 Å². The number of benzene rings is 1. The minimum atomic E-state index is -0.170. The van der Waals surface area contributed by atoms with Crippen molar-refractivity contribution in [1.29, 1.82) is 0 Å². The van der Waals surface area contributed by atoms with E-state index < -0.39 is 0 Å². The van der Waals surface area contributed by atoms with Gasteiger partial charge in [-0.25, -0.2) is 4.90 Å². The monoisotopic (exact) mass is 301 g/mol. The average molecular weight is 301 g/mol. The van der Waals surface area contributed by atoms with Crippen molar-refractivity contribution in [3.8, 4) is 0 Å². The predicted octanol–water partition coefficient (Wildman–Crippen LogP) is 3.64. The van der Waals surface area contributed by atoms with Crippen LogP contribution in [0.25, 0.3) is 0 Å². The molecule has 0 radical (unpaired) electrons. The Morgan fingerprint density at radius 3 is 2.05 bits per heavy atom. The van der Waals surface area contributed by atoms with Gasteiger partial charge in [0.15, 0.2) is 0 Å². The number of allylic oxidation sites excluding steroid dienone is 2. The van der Waals surface area contributed by atoms with Gasteiger partial charge in [0.25, 0.3) is 0 Å². The summed E-state index contributed by atoms with van der Waals surface area (Å²) in [6.45, 7) is 4.14. The Balaban J connectivity index is 2.00. The molecule has 0 N–H and O–H groups in total. The van der Waals surface area contributed by atoms with Crippen molar-refractivity contribution in [2.75, 3.05) is 11.2 Å². The summed E-state index contributed by atoms with van der Waals surface area (Å²) in [4.78, 5) is 27.9. The standard InChI is InChI=1S/C17H19NO2S/c1-10-8-12-13(9-11(10)2)17(20)18(16(12)19)14-6-4-5-7-15(14)21-3/h4-7,12-13H,8-9H2,1-3H3/t12-,13-/m1/s1. The Bertz CT molecular complexity index is 618. The van der Waals surface area contributed by atoms with Gasteiger partial charge in [-0.2, -0.15) is 0 Å². The molecule has 110 valence electrons. The van der Waals surface area contributed by atoms with E-state index in [4.69, 9.17) is 0 Å². The van der Waals surface area contributed by atoms with Gasteiger partial charge >= 0.3 is 0 Å². The first kappa shape index (κ1) is 14.4. The number of hydrogen-bond acceptors (Lipinski definition) is 3. The second-order valence-corrected chi connectivity index (χ2v) is 6.71. The number of thioether (sulfide) groups is 1. The van der Waals surface area contributed by atoms with Crippen LogP contribution in [0, 0.1) is 11.8 Å². The van der Waals surface area contributed by atoms with Crippen molar-refractivity contribution in [2.24, 2.45) is 11.8 Å². The maximum absolute atomic E-state index is 12.7. The topological polar surface area (TPSA) is 37.4 Å². The van der Waals surface area contributed by atoms with Gasteiger partial charge in [-0.3, -0.25) is 9.59 Å². The average Bonchev–Trinajstić information content (AvgIpc) is 2.71. The van der Waals surface area contributed by atoms with Crippen molar-refractivity contribution in [1.82, 2.24) is 0 Å². The lowest BCUT2D eigenvalue weighted by molar-refractivity contribution is -0.122. The van der Waals surface area contributed by atoms with Crippen LogP contribution in [-0.4, -0.2) is 18.1 Å². The van der Waals surface area contributed by atoms with E-state index >= 15 is 0 Å². The fourth-order valence-electron chi connectivity index (χ4n) is 3.30. The fourth-order valence-corrected chi connectivity index (χ4v) is 3.89. The highest BCUT2D eigenvalue weighted by molar-refractivity contribution is 7.98. The molecular weight excluding hydrogens is 282 g/mol. The highest BCUT2D eigenvalue weighted by atomic mass is 32.2. The lowest BCUT2D eigenvalue weighted by atomic mass is 9.78. The van der Waals surface area contributed by atoms with Gasteiger partial charge in [-0.05, 0) is 45.1 Å². The van der Waals surface area contributed by atoms with E-state index in [1.54, 1.807) is 11.8 Å². The van der Waals surface area contributed by atoms with Crippen LogP contribution in [0.3, 0.4) is 0 Å². The number of imide groups is 1. The van der Waals surface area contributed by atoms with Crippen LogP contribution in [0.5, 0.6) is 0 Å². The number of nitrogens with zero attached hydrogens (tertiary/aromatic N) is 1.